The van der Waals surface area contributed by atoms with Crippen LogP contribution in [0.5, 0.6) is 0 Å². The Bertz CT molecular complexity index is 387. The zero-order chi connectivity index (χ0) is 13.5. The first-order chi connectivity index (χ1) is 8.50. The van der Waals surface area contributed by atoms with E-state index < -0.39 is 0 Å². The predicted molar refractivity (Wildman–Crippen MR) is 77.1 cm³/mol. The zero-order valence-electron chi connectivity index (χ0n) is 12.1. The number of benzene rings is 1. The Labute approximate surface area is 111 Å². The molecule has 0 saturated carbocycles. The number of hydrogen-bond acceptors (Lipinski definition) is 2. The minimum absolute atomic E-state index is 0.280. The molecule has 0 aliphatic rings. The number of aryl methyl sites for hydroxylation is 3. The number of Topliss-reactive ketones (excluding diaryl/α,β-unsaturated/α-hetero) is 1. The second-order valence-corrected chi connectivity index (χ2v) is 5.18. The van der Waals surface area contributed by atoms with Crippen molar-refractivity contribution in [1.82, 2.24) is 5.32 Å². The molecule has 0 atom stereocenters. The van der Waals surface area contributed by atoms with Crippen LogP contribution in [-0.4, -0.2) is 18.9 Å². The first kappa shape index (κ1) is 14.9. The van der Waals surface area contributed by atoms with Crippen LogP contribution >= 0.6 is 0 Å². The van der Waals surface area contributed by atoms with Crippen LogP contribution in [0, 0.1) is 20.8 Å². The van der Waals surface area contributed by atoms with E-state index in [1.807, 2.05) is 0 Å². The van der Waals surface area contributed by atoms with E-state index in [-0.39, 0.29) is 5.78 Å². The van der Waals surface area contributed by atoms with E-state index in [2.05, 4.69) is 38.2 Å². The highest BCUT2D eigenvalue weighted by Crippen LogP contribution is 2.16. The van der Waals surface area contributed by atoms with Gasteiger partial charge in [-0.25, -0.2) is 0 Å². The van der Waals surface area contributed by atoms with Crippen LogP contribution in [0.25, 0.3) is 0 Å². The number of carbonyl (C=O) groups is 1. The molecule has 0 bridgehead atoms. The first-order valence-corrected chi connectivity index (χ1v) is 6.77. The monoisotopic (exact) mass is 247 g/mol. The highest BCUT2D eigenvalue weighted by atomic mass is 16.1. The van der Waals surface area contributed by atoms with Gasteiger partial charge in [0, 0.05) is 6.42 Å². The first-order valence-electron chi connectivity index (χ1n) is 6.77. The summed E-state index contributed by atoms with van der Waals surface area (Å²) in [4.78, 5) is 10.8. The van der Waals surface area contributed by atoms with Gasteiger partial charge in [0.1, 0.15) is 5.78 Å². The van der Waals surface area contributed by atoms with Gasteiger partial charge in [-0.3, -0.25) is 0 Å². The van der Waals surface area contributed by atoms with E-state index in [1.165, 1.54) is 22.3 Å². The largest absolute Gasteiger partial charge is 0.316 e. The van der Waals surface area contributed by atoms with Crippen molar-refractivity contribution in [3.63, 3.8) is 0 Å². The van der Waals surface area contributed by atoms with Crippen molar-refractivity contribution in [3.05, 3.63) is 34.4 Å². The second kappa shape index (κ2) is 7.32. The van der Waals surface area contributed by atoms with Crippen molar-refractivity contribution in [2.45, 2.75) is 47.0 Å². The SMILES string of the molecule is CC(=O)CCCNCCc1c(C)cc(C)cc1C. The number of nitrogens with one attached hydrogen (secondary N) is 1. The van der Waals surface area contributed by atoms with Crippen molar-refractivity contribution >= 4 is 5.78 Å². The van der Waals surface area contributed by atoms with E-state index >= 15 is 0 Å². The molecule has 0 aromatic heterocycles. The Kier molecular flexibility index (Phi) is 6.06. The van der Waals surface area contributed by atoms with Crippen LogP contribution in [0.1, 0.15) is 42.0 Å². The van der Waals surface area contributed by atoms with Gasteiger partial charge in [0.25, 0.3) is 0 Å². The van der Waals surface area contributed by atoms with Gasteiger partial charge in [-0.15, -0.1) is 0 Å². The predicted octanol–water partition coefficient (Wildman–Crippen LogP) is 3.11. The molecule has 0 amide bonds. The van der Waals surface area contributed by atoms with Crippen LogP contribution in [0.2, 0.25) is 0 Å². The number of ketones is 1. The molecule has 0 aliphatic heterocycles. The van der Waals surface area contributed by atoms with Gasteiger partial charge in [-0.2, -0.15) is 0 Å². The van der Waals surface area contributed by atoms with Gasteiger partial charge < -0.3 is 10.1 Å². The summed E-state index contributed by atoms with van der Waals surface area (Å²) in [5, 5.41) is 3.41. The molecule has 1 rings (SSSR count). The summed E-state index contributed by atoms with van der Waals surface area (Å²) in [6.45, 7) is 10.1. The maximum absolute atomic E-state index is 10.8. The van der Waals surface area contributed by atoms with Crippen LogP contribution < -0.4 is 5.32 Å². The fraction of sp³-hybridized carbons (Fsp3) is 0.562. The Morgan fingerprint density at radius 3 is 2.28 bits per heavy atom. The number of hydrogen-bond donors (Lipinski definition) is 1. The lowest BCUT2D eigenvalue weighted by Gasteiger charge is -2.11. The van der Waals surface area contributed by atoms with Crippen molar-refractivity contribution < 1.29 is 4.79 Å². The summed E-state index contributed by atoms with van der Waals surface area (Å²) in [5.41, 5.74) is 5.57. The lowest BCUT2D eigenvalue weighted by Crippen LogP contribution is -2.19. The maximum Gasteiger partial charge on any atom is 0.129 e. The van der Waals surface area contributed by atoms with E-state index in [0.717, 1.165) is 25.9 Å². The lowest BCUT2D eigenvalue weighted by molar-refractivity contribution is -0.117. The molecule has 2 nitrogen and oxygen atoms in total. The van der Waals surface area contributed by atoms with Gasteiger partial charge >= 0.3 is 0 Å². The second-order valence-electron chi connectivity index (χ2n) is 5.18. The third-order valence-corrected chi connectivity index (χ3v) is 3.27. The average molecular weight is 247 g/mol. The summed E-state index contributed by atoms with van der Waals surface area (Å²) in [5.74, 6) is 0.280. The van der Waals surface area contributed by atoms with Gasteiger partial charge in [0.15, 0.2) is 0 Å². The van der Waals surface area contributed by atoms with Gasteiger partial charge in [0.2, 0.25) is 0 Å². The van der Waals surface area contributed by atoms with Crippen molar-refractivity contribution in [3.8, 4) is 0 Å². The molecule has 2 heteroatoms. The molecule has 1 N–H and O–H groups in total. The summed E-state index contributed by atoms with van der Waals surface area (Å²) >= 11 is 0. The normalized spacial score (nSPS) is 10.7. The molecular formula is C16H25NO. The molecule has 1 aromatic carbocycles. The fourth-order valence-corrected chi connectivity index (χ4v) is 2.40. The summed E-state index contributed by atoms with van der Waals surface area (Å²) < 4.78 is 0. The summed E-state index contributed by atoms with van der Waals surface area (Å²) in [7, 11) is 0. The molecule has 100 valence electrons. The average Bonchev–Trinajstić information content (AvgIpc) is 2.25. The fourth-order valence-electron chi connectivity index (χ4n) is 2.40. The number of carbonyl (C=O) groups excluding carboxylic acids is 1. The quantitative estimate of drug-likeness (QED) is 0.750. The van der Waals surface area contributed by atoms with Gasteiger partial charge in [0.05, 0.1) is 0 Å². The zero-order valence-corrected chi connectivity index (χ0v) is 12.1. The number of rotatable bonds is 7. The van der Waals surface area contributed by atoms with Crippen LogP contribution in [-0.2, 0) is 11.2 Å². The topological polar surface area (TPSA) is 29.1 Å². The van der Waals surface area contributed by atoms with Crippen molar-refractivity contribution in [2.75, 3.05) is 13.1 Å². The molecule has 0 spiro atoms. The van der Waals surface area contributed by atoms with E-state index in [9.17, 15) is 4.79 Å². The van der Waals surface area contributed by atoms with Gasteiger partial charge in [-0.1, -0.05) is 17.7 Å². The molecule has 0 aliphatic carbocycles. The highest BCUT2D eigenvalue weighted by Gasteiger charge is 2.03. The Hall–Kier alpha value is -1.15. The minimum Gasteiger partial charge on any atom is -0.316 e. The molecule has 0 radical (unpaired) electrons. The van der Waals surface area contributed by atoms with E-state index in [1.54, 1.807) is 6.92 Å². The Morgan fingerprint density at radius 1 is 1.11 bits per heavy atom. The van der Waals surface area contributed by atoms with E-state index in [4.69, 9.17) is 0 Å². The van der Waals surface area contributed by atoms with Crippen molar-refractivity contribution in [1.29, 1.82) is 0 Å². The van der Waals surface area contributed by atoms with Crippen LogP contribution in [0.3, 0.4) is 0 Å². The third kappa shape index (κ3) is 5.01. The lowest BCUT2D eigenvalue weighted by atomic mass is 9.97. The molecule has 1 aromatic rings. The third-order valence-electron chi connectivity index (χ3n) is 3.27. The molecule has 18 heavy (non-hydrogen) atoms. The van der Waals surface area contributed by atoms with Crippen LogP contribution in [0.4, 0.5) is 0 Å². The molecule has 0 fully saturated rings. The minimum atomic E-state index is 0.280. The Morgan fingerprint density at radius 2 is 1.72 bits per heavy atom. The summed E-state index contributed by atoms with van der Waals surface area (Å²) in [6.07, 6.45) is 2.70. The van der Waals surface area contributed by atoms with Gasteiger partial charge in [-0.05, 0) is 70.3 Å². The van der Waals surface area contributed by atoms with E-state index in [0.29, 0.717) is 6.42 Å². The highest BCUT2D eigenvalue weighted by molar-refractivity contribution is 5.75. The molecule has 0 unspecified atom stereocenters. The van der Waals surface area contributed by atoms with Crippen LogP contribution in [0.15, 0.2) is 12.1 Å². The molecule has 0 saturated heterocycles. The maximum atomic E-state index is 10.8. The Balaban J connectivity index is 2.33. The standard InChI is InChI=1S/C16H25NO/c1-12-10-13(2)16(14(3)11-12)7-9-17-8-5-6-15(4)18/h10-11,17H,5-9H2,1-4H3. The summed E-state index contributed by atoms with van der Waals surface area (Å²) in [6, 6.07) is 4.50. The molecule has 0 heterocycles. The van der Waals surface area contributed by atoms with Crippen molar-refractivity contribution in [2.24, 2.45) is 0 Å². The molecular weight excluding hydrogens is 222 g/mol. The smallest absolute Gasteiger partial charge is 0.129 e.